The summed E-state index contributed by atoms with van der Waals surface area (Å²) in [5, 5.41) is 34.3. The highest BCUT2D eigenvalue weighted by molar-refractivity contribution is 6.05. The molecule has 0 unspecified atom stereocenters. The van der Waals surface area contributed by atoms with E-state index in [9.17, 15) is 29.4 Å². The lowest BCUT2D eigenvalue weighted by Crippen LogP contribution is -2.38. The molecule has 0 aliphatic heterocycles. The Balaban J connectivity index is 2.56. The third kappa shape index (κ3) is 4.44. The summed E-state index contributed by atoms with van der Waals surface area (Å²) in [6.45, 7) is 1.45. The molecule has 2 amide bonds. The second kappa shape index (κ2) is 9.25. The van der Waals surface area contributed by atoms with Gasteiger partial charge in [-0.15, -0.1) is 0 Å². The minimum atomic E-state index is -1.33. The highest BCUT2D eigenvalue weighted by Crippen LogP contribution is 2.36. The van der Waals surface area contributed by atoms with Gasteiger partial charge in [0.2, 0.25) is 5.88 Å². The van der Waals surface area contributed by atoms with Crippen LogP contribution in [0, 0.1) is 0 Å². The minimum absolute atomic E-state index is 0.289. The Hall–Kier alpha value is -3.04. The van der Waals surface area contributed by atoms with Gasteiger partial charge in [0.15, 0.2) is 5.75 Å². The summed E-state index contributed by atoms with van der Waals surface area (Å²) in [4.78, 5) is 48.4. The molecule has 0 bridgehead atoms. The molecule has 0 atom stereocenters. The van der Waals surface area contributed by atoms with Crippen LogP contribution in [0.3, 0.4) is 0 Å². The van der Waals surface area contributed by atoms with Crippen molar-refractivity contribution in [3.05, 3.63) is 21.5 Å². The van der Waals surface area contributed by atoms with Crippen molar-refractivity contribution in [2.45, 2.75) is 51.5 Å². The van der Waals surface area contributed by atoms with Crippen LogP contribution in [-0.2, 0) is 4.79 Å². The summed E-state index contributed by atoms with van der Waals surface area (Å²) in [5.41, 5.74) is -2.29. The molecule has 1 aromatic rings. The van der Waals surface area contributed by atoms with Crippen LogP contribution in [0.25, 0.3) is 0 Å². The molecule has 10 heteroatoms. The Morgan fingerprint density at radius 1 is 1.07 bits per heavy atom. The molecule has 1 heterocycles. The SMILES string of the molecule is CCCCNC(=O)c1c(O)c(C(=O)NCC(=O)O)c(=O)n(C2CCCC2)c1O. The summed E-state index contributed by atoms with van der Waals surface area (Å²) >= 11 is 0. The Morgan fingerprint density at radius 2 is 1.68 bits per heavy atom. The molecule has 28 heavy (non-hydrogen) atoms. The van der Waals surface area contributed by atoms with Gasteiger partial charge >= 0.3 is 5.97 Å². The molecule has 10 nitrogen and oxygen atoms in total. The summed E-state index contributed by atoms with van der Waals surface area (Å²) in [5.74, 6) is -4.94. The quantitative estimate of drug-likeness (QED) is 0.406. The maximum atomic E-state index is 12.8. The molecular formula is C18H25N3O7. The third-order valence-corrected chi connectivity index (χ3v) is 4.72. The average molecular weight is 395 g/mol. The number of aromatic nitrogens is 1. The molecule has 0 aromatic carbocycles. The van der Waals surface area contributed by atoms with Crippen molar-refractivity contribution in [2.75, 3.05) is 13.1 Å². The predicted molar refractivity (Wildman–Crippen MR) is 98.7 cm³/mol. The van der Waals surface area contributed by atoms with Crippen molar-refractivity contribution in [1.82, 2.24) is 15.2 Å². The fraction of sp³-hybridized carbons (Fsp3) is 0.556. The van der Waals surface area contributed by atoms with E-state index in [1.165, 1.54) is 0 Å². The maximum absolute atomic E-state index is 12.8. The van der Waals surface area contributed by atoms with Crippen LogP contribution < -0.4 is 16.2 Å². The van der Waals surface area contributed by atoms with E-state index in [0.29, 0.717) is 19.3 Å². The number of nitrogens with zero attached hydrogens (tertiary/aromatic N) is 1. The van der Waals surface area contributed by atoms with Gasteiger partial charge in [0.25, 0.3) is 17.4 Å². The van der Waals surface area contributed by atoms with Crippen molar-refractivity contribution in [3.63, 3.8) is 0 Å². The number of hydrogen-bond acceptors (Lipinski definition) is 6. The second-order valence-electron chi connectivity index (χ2n) is 6.72. The standard InChI is InChI=1S/C18H25N3O7/c1-2-3-8-19-15(25)12-14(24)13(16(26)20-9-11(22)23)18(28)21(17(12)27)10-6-4-5-7-10/h10,24,27H,2-9H2,1H3,(H,19,25)(H,20,26)(H,22,23). The van der Waals surface area contributed by atoms with Crippen molar-refractivity contribution in [3.8, 4) is 11.6 Å². The molecule has 2 rings (SSSR count). The largest absolute Gasteiger partial charge is 0.506 e. The fourth-order valence-corrected chi connectivity index (χ4v) is 3.30. The van der Waals surface area contributed by atoms with Gasteiger partial charge in [0, 0.05) is 12.6 Å². The Kier molecular flexibility index (Phi) is 7.02. The average Bonchev–Trinajstić information content (AvgIpc) is 3.14. The Morgan fingerprint density at radius 3 is 2.25 bits per heavy atom. The van der Waals surface area contributed by atoms with Crippen molar-refractivity contribution >= 4 is 17.8 Å². The molecule has 1 fully saturated rings. The Bertz CT molecular complexity index is 825. The number of nitrogens with one attached hydrogen (secondary N) is 2. The van der Waals surface area contributed by atoms with E-state index in [2.05, 4.69) is 5.32 Å². The molecule has 1 saturated carbocycles. The van der Waals surface area contributed by atoms with Gasteiger partial charge in [-0.05, 0) is 19.3 Å². The van der Waals surface area contributed by atoms with Crippen molar-refractivity contribution < 1.29 is 29.7 Å². The van der Waals surface area contributed by atoms with E-state index in [0.717, 1.165) is 23.8 Å². The van der Waals surface area contributed by atoms with Crippen LogP contribution >= 0.6 is 0 Å². The lowest BCUT2D eigenvalue weighted by Gasteiger charge is -2.20. The van der Waals surface area contributed by atoms with Crippen molar-refractivity contribution in [1.29, 1.82) is 0 Å². The highest BCUT2D eigenvalue weighted by atomic mass is 16.4. The normalized spacial score (nSPS) is 14.0. The molecule has 1 aliphatic rings. The molecule has 1 aromatic heterocycles. The molecule has 1 aliphatic carbocycles. The molecule has 0 radical (unpaired) electrons. The number of carboxylic acids is 1. The molecule has 5 N–H and O–H groups in total. The zero-order chi connectivity index (χ0) is 20.8. The first-order valence-corrected chi connectivity index (χ1v) is 9.28. The van der Waals surface area contributed by atoms with Crippen LogP contribution in [0.4, 0.5) is 0 Å². The summed E-state index contributed by atoms with van der Waals surface area (Å²) in [6.07, 6.45) is 4.26. The number of unbranched alkanes of at least 4 members (excludes halogenated alkanes) is 1. The van der Waals surface area contributed by atoms with Gasteiger partial charge in [0.1, 0.15) is 17.7 Å². The van der Waals surface area contributed by atoms with Gasteiger partial charge in [-0.25, -0.2) is 0 Å². The fourth-order valence-electron chi connectivity index (χ4n) is 3.30. The lowest BCUT2D eigenvalue weighted by atomic mass is 10.1. The first-order valence-electron chi connectivity index (χ1n) is 9.28. The molecular weight excluding hydrogens is 370 g/mol. The molecule has 154 valence electrons. The number of carbonyl (C=O) groups excluding carboxylic acids is 2. The van der Waals surface area contributed by atoms with Gasteiger partial charge < -0.3 is 26.0 Å². The number of pyridine rings is 1. The van der Waals surface area contributed by atoms with E-state index in [1.54, 1.807) is 0 Å². The lowest BCUT2D eigenvalue weighted by molar-refractivity contribution is -0.135. The number of carboxylic acid groups (broad SMARTS) is 1. The number of hydrogen-bond donors (Lipinski definition) is 5. The number of carbonyl (C=O) groups is 3. The third-order valence-electron chi connectivity index (χ3n) is 4.72. The number of aromatic hydroxyl groups is 2. The van der Waals surface area contributed by atoms with Gasteiger partial charge in [-0.3, -0.25) is 23.7 Å². The highest BCUT2D eigenvalue weighted by Gasteiger charge is 2.32. The monoisotopic (exact) mass is 395 g/mol. The van der Waals surface area contributed by atoms with Gasteiger partial charge in [0.05, 0.1) is 0 Å². The van der Waals surface area contributed by atoms with E-state index in [-0.39, 0.29) is 6.54 Å². The predicted octanol–water partition coefficient (Wildman–Crippen LogP) is 0.719. The summed E-state index contributed by atoms with van der Waals surface area (Å²) in [6, 6.07) is -0.415. The van der Waals surface area contributed by atoms with Crippen LogP contribution in [0.2, 0.25) is 0 Å². The van der Waals surface area contributed by atoms with Gasteiger partial charge in [-0.2, -0.15) is 0 Å². The zero-order valence-corrected chi connectivity index (χ0v) is 15.7. The van der Waals surface area contributed by atoms with Gasteiger partial charge in [-0.1, -0.05) is 26.2 Å². The second-order valence-corrected chi connectivity index (χ2v) is 6.72. The topological polar surface area (TPSA) is 158 Å². The first-order chi connectivity index (χ1) is 13.3. The van der Waals surface area contributed by atoms with E-state index < -0.39 is 58.7 Å². The Labute approximate surface area is 161 Å². The maximum Gasteiger partial charge on any atom is 0.322 e. The first kappa shape index (κ1) is 21.3. The van der Waals surface area contributed by atoms with E-state index >= 15 is 0 Å². The zero-order valence-electron chi connectivity index (χ0n) is 15.7. The minimum Gasteiger partial charge on any atom is -0.506 e. The molecule has 0 spiro atoms. The summed E-state index contributed by atoms with van der Waals surface area (Å²) in [7, 11) is 0. The van der Waals surface area contributed by atoms with Crippen LogP contribution in [-0.4, -0.2) is 50.8 Å². The van der Waals surface area contributed by atoms with E-state index in [4.69, 9.17) is 5.11 Å². The van der Waals surface area contributed by atoms with Crippen LogP contribution in [0.15, 0.2) is 4.79 Å². The number of amides is 2. The number of rotatable bonds is 8. The van der Waals surface area contributed by atoms with Crippen LogP contribution in [0.1, 0.15) is 72.2 Å². The van der Waals surface area contributed by atoms with E-state index in [1.807, 2.05) is 12.2 Å². The molecule has 0 saturated heterocycles. The smallest absolute Gasteiger partial charge is 0.322 e. The summed E-state index contributed by atoms with van der Waals surface area (Å²) < 4.78 is 0.955. The van der Waals surface area contributed by atoms with Crippen LogP contribution in [0.5, 0.6) is 11.6 Å². The number of aliphatic carboxylic acids is 1. The van der Waals surface area contributed by atoms with Crippen molar-refractivity contribution in [2.24, 2.45) is 0 Å².